The highest BCUT2D eigenvalue weighted by molar-refractivity contribution is 5.92. The molecule has 0 spiro atoms. The molecular formula is C29H31NO7. The largest absolute Gasteiger partial charge is 0.494 e. The Morgan fingerprint density at radius 3 is 1.59 bits per heavy atom. The second-order valence-electron chi connectivity index (χ2n) is 8.55. The lowest BCUT2D eigenvalue weighted by molar-refractivity contribution is -0.384. The van der Waals surface area contributed by atoms with Gasteiger partial charge in [-0.05, 0) is 67.1 Å². The highest BCUT2D eigenvalue weighted by atomic mass is 16.6. The van der Waals surface area contributed by atoms with Crippen LogP contribution in [0.25, 0.3) is 0 Å². The van der Waals surface area contributed by atoms with Crippen molar-refractivity contribution in [3.63, 3.8) is 0 Å². The standard InChI is InChI=1S/C29H31NO7/c1-2-3-4-5-6-7-8-21-35-25-17-19-27(20-18-25)37-29(32)23-11-15-26(16-12-23)36-28(31)22-9-13-24(14-10-22)30(33)34/h9-20H,2-8,21H2,1H3. The van der Waals surface area contributed by atoms with E-state index in [1.807, 2.05) is 0 Å². The number of carbonyl (C=O) groups excluding carboxylic acids is 2. The minimum absolute atomic E-state index is 0.120. The Bertz CT molecular complexity index is 1160. The third kappa shape index (κ3) is 9.07. The van der Waals surface area contributed by atoms with Crippen LogP contribution in [0.15, 0.2) is 72.8 Å². The number of nitrogens with zero attached hydrogens (tertiary/aromatic N) is 1. The number of unbranched alkanes of at least 4 members (excludes halogenated alkanes) is 6. The van der Waals surface area contributed by atoms with Crippen molar-refractivity contribution >= 4 is 17.6 Å². The molecule has 3 aromatic carbocycles. The van der Waals surface area contributed by atoms with Crippen molar-refractivity contribution in [2.24, 2.45) is 0 Å². The quantitative estimate of drug-likeness (QED) is 0.0752. The monoisotopic (exact) mass is 505 g/mol. The summed E-state index contributed by atoms with van der Waals surface area (Å²) in [5.41, 5.74) is 0.336. The molecule has 0 saturated heterocycles. The average Bonchev–Trinajstić information content (AvgIpc) is 2.91. The topological polar surface area (TPSA) is 105 Å². The van der Waals surface area contributed by atoms with Gasteiger partial charge >= 0.3 is 11.9 Å². The lowest BCUT2D eigenvalue weighted by atomic mass is 10.1. The fraction of sp³-hybridized carbons (Fsp3) is 0.310. The maximum Gasteiger partial charge on any atom is 0.343 e. The highest BCUT2D eigenvalue weighted by Crippen LogP contribution is 2.21. The Morgan fingerprint density at radius 1 is 0.649 bits per heavy atom. The predicted octanol–water partition coefficient (Wildman–Crippen LogP) is 7.16. The summed E-state index contributed by atoms with van der Waals surface area (Å²) in [5.74, 6) is 0.124. The minimum atomic E-state index is -0.667. The van der Waals surface area contributed by atoms with Crippen LogP contribution in [0.1, 0.15) is 72.6 Å². The van der Waals surface area contributed by atoms with Gasteiger partial charge < -0.3 is 14.2 Å². The zero-order chi connectivity index (χ0) is 26.5. The summed E-state index contributed by atoms with van der Waals surface area (Å²) in [6.07, 6.45) is 8.56. The van der Waals surface area contributed by atoms with Crippen LogP contribution in [0.5, 0.6) is 17.2 Å². The van der Waals surface area contributed by atoms with Crippen molar-refractivity contribution < 1.29 is 28.7 Å². The second-order valence-corrected chi connectivity index (χ2v) is 8.55. The van der Waals surface area contributed by atoms with Crippen LogP contribution in [-0.4, -0.2) is 23.5 Å². The SMILES string of the molecule is CCCCCCCCCOc1ccc(OC(=O)c2ccc(OC(=O)c3ccc([N+](=O)[O-])cc3)cc2)cc1. The molecule has 0 N–H and O–H groups in total. The van der Waals surface area contributed by atoms with Crippen molar-refractivity contribution in [1.82, 2.24) is 0 Å². The van der Waals surface area contributed by atoms with Gasteiger partial charge in [-0.3, -0.25) is 10.1 Å². The summed E-state index contributed by atoms with van der Waals surface area (Å²) < 4.78 is 16.4. The minimum Gasteiger partial charge on any atom is -0.494 e. The summed E-state index contributed by atoms with van der Waals surface area (Å²) in [6, 6.07) is 17.9. The molecule has 8 heteroatoms. The summed E-state index contributed by atoms with van der Waals surface area (Å²) in [4.78, 5) is 34.9. The summed E-state index contributed by atoms with van der Waals surface area (Å²) in [7, 11) is 0. The van der Waals surface area contributed by atoms with E-state index in [0.29, 0.717) is 12.4 Å². The number of ether oxygens (including phenoxy) is 3. The zero-order valence-corrected chi connectivity index (χ0v) is 20.9. The van der Waals surface area contributed by atoms with Crippen LogP contribution in [0.4, 0.5) is 5.69 Å². The smallest absolute Gasteiger partial charge is 0.343 e. The number of nitro benzene ring substituents is 1. The van der Waals surface area contributed by atoms with Gasteiger partial charge in [0.15, 0.2) is 0 Å². The molecule has 0 heterocycles. The third-order valence-electron chi connectivity index (χ3n) is 5.67. The van der Waals surface area contributed by atoms with Crippen LogP contribution >= 0.6 is 0 Å². The van der Waals surface area contributed by atoms with Gasteiger partial charge in [0.1, 0.15) is 17.2 Å². The predicted molar refractivity (Wildman–Crippen MR) is 139 cm³/mol. The van der Waals surface area contributed by atoms with Gasteiger partial charge in [0.2, 0.25) is 0 Å². The van der Waals surface area contributed by atoms with E-state index in [1.165, 1.54) is 80.6 Å². The number of nitro groups is 1. The normalized spacial score (nSPS) is 10.5. The van der Waals surface area contributed by atoms with Crippen molar-refractivity contribution in [2.45, 2.75) is 51.9 Å². The molecule has 0 atom stereocenters. The Labute approximate surface area is 216 Å². The number of benzene rings is 3. The molecule has 0 bridgehead atoms. The fourth-order valence-electron chi connectivity index (χ4n) is 3.56. The first-order chi connectivity index (χ1) is 18.0. The molecule has 0 aliphatic carbocycles. The van der Waals surface area contributed by atoms with Crippen molar-refractivity contribution in [3.8, 4) is 17.2 Å². The van der Waals surface area contributed by atoms with Crippen LogP contribution in [0.2, 0.25) is 0 Å². The summed E-state index contributed by atoms with van der Waals surface area (Å²) >= 11 is 0. The molecule has 37 heavy (non-hydrogen) atoms. The maximum atomic E-state index is 12.5. The number of rotatable bonds is 14. The van der Waals surface area contributed by atoms with Gasteiger partial charge in [0.25, 0.3) is 5.69 Å². The molecular weight excluding hydrogens is 474 g/mol. The van der Waals surface area contributed by atoms with E-state index in [1.54, 1.807) is 24.3 Å². The van der Waals surface area contributed by atoms with E-state index < -0.39 is 16.9 Å². The van der Waals surface area contributed by atoms with Gasteiger partial charge in [0, 0.05) is 12.1 Å². The lowest BCUT2D eigenvalue weighted by Gasteiger charge is -2.09. The second kappa shape index (κ2) is 14.4. The summed E-state index contributed by atoms with van der Waals surface area (Å²) in [6.45, 7) is 2.88. The molecule has 0 unspecified atom stereocenters. The van der Waals surface area contributed by atoms with Crippen molar-refractivity contribution in [1.29, 1.82) is 0 Å². The first-order valence-corrected chi connectivity index (χ1v) is 12.5. The first kappa shape index (κ1) is 27.4. The lowest BCUT2D eigenvalue weighted by Crippen LogP contribution is -2.10. The first-order valence-electron chi connectivity index (χ1n) is 12.5. The van der Waals surface area contributed by atoms with E-state index in [9.17, 15) is 19.7 Å². The Hall–Kier alpha value is -4.20. The fourth-order valence-corrected chi connectivity index (χ4v) is 3.56. The number of esters is 2. The van der Waals surface area contributed by atoms with Crippen LogP contribution in [0.3, 0.4) is 0 Å². The van der Waals surface area contributed by atoms with Gasteiger partial charge in [0.05, 0.1) is 22.7 Å². The molecule has 0 aliphatic rings. The van der Waals surface area contributed by atoms with E-state index >= 15 is 0 Å². The number of hydrogen-bond donors (Lipinski definition) is 0. The molecule has 0 aromatic heterocycles. The van der Waals surface area contributed by atoms with E-state index in [2.05, 4.69) is 6.92 Å². The number of hydrogen-bond acceptors (Lipinski definition) is 7. The van der Waals surface area contributed by atoms with Crippen molar-refractivity contribution in [3.05, 3.63) is 94.0 Å². The molecule has 0 aliphatic heterocycles. The van der Waals surface area contributed by atoms with E-state index in [4.69, 9.17) is 14.2 Å². The molecule has 8 nitrogen and oxygen atoms in total. The molecule has 3 rings (SSSR count). The van der Waals surface area contributed by atoms with Crippen LogP contribution in [0, 0.1) is 10.1 Å². The third-order valence-corrected chi connectivity index (χ3v) is 5.67. The summed E-state index contributed by atoms with van der Waals surface area (Å²) in [5, 5.41) is 10.7. The highest BCUT2D eigenvalue weighted by Gasteiger charge is 2.13. The van der Waals surface area contributed by atoms with E-state index in [-0.39, 0.29) is 22.6 Å². The maximum absolute atomic E-state index is 12.5. The molecule has 0 amide bonds. The average molecular weight is 506 g/mol. The molecule has 0 saturated carbocycles. The van der Waals surface area contributed by atoms with Gasteiger partial charge in [-0.2, -0.15) is 0 Å². The number of carbonyl (C=O) groups is 2. The Kier molecular flexibility index (Phi) is 10.6. The molecule has 0 radical (unpaired) electrons. The zero-order valence-electron chi connectivity index (χ0n) is 20.9. The molecule has 194 valence electrons. The van der Waals surface area contributed by atoms with Crippen LogP contribution in [-0.2, 0) is 0 Å². The van der Waals surface area contributed by atoms with Gasteiger partial charge in [-0.1, -0.05) is 45.4 Å². The molecule has 3 aromatic rings. The Balaban J connectivity index is 1.42. The van der Waals surface area contributed by atoms with Gasteiger partial charge in [-0.25, -0.2) is 9.59 Å². The molecule has 0 fully saturated rings. The number of non-ortho nitro benzene ring substituents is 1. The van der Waals surface area contributed by atoms with Crippen molar-refractivity contribution in [2.75, 3.05) is 6.61 Å². The van der Waals surface area contributed by atoms with E-state index in [0.717, 1.165) is 18.6 Å². The van der Waals surface area contributed by atoms with Crippen LogP contribution < -0.4 is 14.2 Å². The Morgan fingerprint density at radius 2 is 1.08 bits per heavy atom. The van der Waals surface area contributed by atoms with Gasteiger partial charge in [-0.15, -0.1) is 0 Å².